The fraction of sp³-hybridized carbons (Fsp3) is 0.600. The summed E-state index contributed by atoms with van der Waals surface area (Å²) in [6.45, 7) is 5.16. The van der Waals surface area contributed by atoms with Crippen LogP contribution in [-0.2, 0) is 4.74 Å². The highest BCUT2D eigenvalue weighted by Crippen LogP contribution is 2.29. The summed E-state index contributed by atoms with van der Waals surface area (Å²) in [5, 5.41) is 0. The maximum Gasteiger partial charge on any atom is 0.0491 e. The first-order valence-corrected chi connectivity index (χ1v) is 6.80. The Kier molecular flexibility index (Phi) is 4.61. The molecule has 1 aliphatic rings. The van der Waals surface area contributed by atoms with Gasteiger partial charge in [0, 0.05) is 38.5 Å². The van der Waals surface area contributed by atoms with E-state index in [4.69, 9.17) is 10.5 Å². The van der Waals surface area contributed by atoms with Crippen LogP contribution < -0.4 is 10.6 Å². The van der Waals surface area contributed by atoms with Crippen LogP contribution >= 0.6 is 0 Å². The molecule has 1 heterocycles. The summed E-state index contributed by atoms with van der Waals surface area (Å²) in [5.74, 6) is 0.716. The molecule has 0 spiro atoms. The highest BCUT2D eigenvalue weighted by Gasteiger charge is 2.21. The van der Waals surface area contributed by atoms with Crippen molar-refractivity contribution in [2.75, 3.05) is 31.7 Å². The van der Waals surface area contributed by atoms with Crippen LogP contribution in [0.3, 0.4) is 0 Å². The largest absolute Gasteiger partial charge is 0.384 e. The minimum atomic E-state index is 0.0953. The van der Waals surface area contributed by atoms with Crippen molar-refractivity contribution in [2.24, 2.45) is 11.7 Å². The maximum atomic E-state index is 6.05. The number of piperidine rings is 1. The summed E-state index contributed by atoms with van der Waals surface area (Å²) in [6.07, 6.45) is 2.42. The van der Waals surface area contributed by atoms with Crippen molar-refractivity contribution in [3.63, 3.8) is 0 Å². The molecular formula is C15H24N2O. The lowest BCUT2D eigenvalue weighted by Crippen LogP contribution is -2.35. The molecule has 0 unspecified atom stereocenters. The van der Waals surface area contributed by atoms with Crippen molar-refractivity contribution >= 4 is 5.69 Å². The van der Waals surface area contributed by atoms with Gasteiger partial charge in [-0.3, -0.25) is 0 Å². The molecule has 1 aromatic carbocycles. The van der Waals surface area contributed by atoms with Crippen molar-refractivity contribution in [2.45, 2.75) is 25.8 Å². The molecular weight excluding hydrogens is 224 g/mol. The SMILES string of the molecule is COCC1CCN(c2ccccc2[C@H](C)N)CC1. The third-order valence-electron chi connectivity index (χ3n) is 3.78. The Labute approximate surface area is 110 Å². The third-order valence-corrected chi connectivity index (χ3v) is 3.78. The number of nitrogens with two attached hydrogens (primary N) is 1. The van der Waals surface area contributed by atoms with Crippen molar-refractivity contribution in [1.82, 2.24) is 0 Å². The van der Waals surface area contributed by atoms with Crippen LogP contribution in [0.2, 0.25) is 0 Å². The number of ether oxygens (including phenoxy) is 1. The van der Waals surface area contributed by atoms with Crippen molar-refractivity contribution in [3.05, 3.63) is 29.8 Å². The molecule has 0 aromatic heterocycles. The van der Waals surface area contributed by atoms with Gasteiger partial charge >= 0.3 is 0 Å². The Morgan fingerprint density at radius 3 is 2.61 bits per heavy atom. The average molecular weight is 248 g/mol. The zero-order valence-electron chi connectivity index (χ0n) is 11.4. The Morgan fingerprint density at radius 1 is 1.33 bits per heavy atom. The highest BCUT2D eigenvalue weighted by atomic mass is 16.5. The molecule has 1 atom stereocenters. The topological polar surface area (TPSA) is 38.5 Å². The Balaban J connectivity index is 2.05. The van der Waals surface area contributed by atoms with Crippen molar-refractivity contribution in [3.8, 4) is 0 Å². The van der Waals surface area contributed by atoms with E-state index in [-0.39, 0.29) is 6.04 Å². The van der Waals surface area contributed by atoms with Crippen LogP contribution in [0.15, 0.2) is 24.3 Å². The Bertz CT molecular complexity index is 371. The maximum absolute atomic E-state index is 6.05. The van der Waals surface area contributed by atoms with Crippen LogP contribution in [0.25, 0.3) is 0 Å². The number of para-hydroxylation sites is 1. The number of anilines is 1. The molecule has 0 bridgehead atoms. The number of methoxy groups -OCH3 is 1. The minimum Gasteiger partial charge on any atom is -0.384 e. The Morgan fingerprint density at radius 2 is 2.00 bits per heavy atom. The first-order chi connectivity index (χ1) is 8.72. The summed E-state index contributed by atoms with van der Waals surface area (Å²) < 4.78 is 5.25. The molecule has 0 saturated carbocycles. The molecule has 18 heavy (non-hydrogen) atoms. The molecule has 0 radical (unpaired) electrons. The number of hydrogen-bond donors (Lipinski definition) is 1. The molecule has 1 saturated heterocycles. The summed E-state index contributed by atoms with van der Waals surface area (Å²) >= 11 is 0. The average Bonchev–Trinajstić information content (AvgIpc) is 2.40. The number of nitrogens with zero attached hydrogens (tertiary/aromatic N) is 1. The molecule has 1 aliphatic heterocycles. The van der Waals surface area contributed by atoms with E-state index in [1.807, 2.05) is 0 Å². The highest BCUT2D eigenvalue weighted by molar-refractivity contribution is 5.55. The van der Waals surface area contributed by atoms with Gasteiger partial charge in [0.25, 0.3) is 0 Å². The fourth-order valence-corrected chi connectivity index (χ4v) is 2.74. The van der Waals surface area contributed by atoms with Crippen LogP contribution in [0.4, 0.5) is 5.69 Å². The van der Waals surface area contributed by atoms with Gasteiger partial charge in [0.05, 0.1) is 0 Å². The summed E-state index contributed by atoms with van der Waals surface area (Å²) in [6, 6.07) is 8.59. The molecule has 1 aromatic rings. The second-order valence-electron chi connectivity index (χ2n) is 5.23. The van der Waals surface area contributed by atoms with Gasteiger partial charge in [-0.1, -0.05) is 18.2 Å². The second-order valence-corrected chi connectivity index (χ2v) is 5.23. The lowest BCUT2D eigenvalue weighted by atomic mass is 9.96. The molecule has 100 valence electrons. The minimum absolute atomic E-state index is 0.0953. The predicted molar refractivity (Wildman–Crippen MR) is 75.9 cm³/mol. The van der Waals surface area contributed by atoms with Crippen LogP contribution in [-0.4, -0.2) is 26.8 Å². The van der Waals surface area contributed by atoms with Gasteiger partial charge in [-0.2, -0.15) is 0 Å². The van der Waals surface area contributed by atoms with Crippen molar-refractivity contribution in [1.29, 1.82) is 0 Å². The molecule has 2 rings (SSSR count). The normalized spacial score (nSPS) is 18.9. The van der Waals surface area contributed by atoms with E-state index in [9.17, 15) is 0 Å². The zero-order chi connectivity index (χ0) is 13.0. The van der Waals surface area contributed by atoms with Gasteiger partial charge in [-0.15, -0.1) is 0 Å². The standard InChI is InChI=1S/C15H24N2O/c1-12(16)14-5-3-4-6-15(14)17-9-7-13(8-10-17)11-18-2/h3-6,12-13H,7-11,16H2,1-2H3/t12-/m0/s1. The van der Waals surface area contributed by atoms with Crippen LogP contribution in [0.5, 0.6) is 0 Å². The van der Waals surface area contributed by atoms with Gasteiger partial charge in [0.2, 0.25) is 0 Å². The monoisotopic (exact) mass is 248 g/mol. The van der Waals surface area contributed by atoms with E-state index in [0.717, 1.165) is 19.7 Å². The van der Waals surface area contributed by atoms with Gasteiger partial charge in [0.1, 0.15) is 0 Å². The van der Waals surface area contributed by atoms with E-state index >= 15 is 0 Å². The predicted octanol–water partition coefficient (Wildman–Crippen LogP) is 2.57. The fourth-order valence-electron chi connectivity index (χ4n) is 2.74. The number of benzene rings is 1. The van der Waals surface area contributed by atoms with E-state index in [2.05, 4.69) is 36.1 Å². The molecule has 0 amide bonds. The third kappa shape index (κ3) is 3.03. The first-order valence-electron chi connectivity index (χ1n) is 6.80. The molecule has 3 heteroatoms. The van der Waals surface area contributed by atoms with E-state index in [1.165, 1.54) is 24.1 Å². The van der Waals surface area contributed by atoms with Gasteiger partial charge in [-0.05, 0) is 37.3 Å². The molecule has 2 N–H and O–H groups in total. The van der Waals surface area contributed by atoms with E-state index in [1.54, 1.807) is 7.11 Å². The second kappa shape index (κ2) is 6.21. The quantitative estimate of drug-likeness (QED) is 0.890. The molecule has 3 nitrogen and oxygen atoms in total. The van der Waals surface area contributed by atoms with Gasteiger partial charge < -0.3 is 15.4 Å². The van der Waals surface area contributed by atoms with Crippen LogP contribution in [0.1, 0.15) is 31.4 Å². The smallest absolute Gasteiger partial charge is 0.0491 e. The summed E-state index contributed by atoms with van der Waals surface area (Å²) in [5.41, 5.74) is 8.61. The lowest BCUT2D eigenvalue weighted by molar-refractivity contribution is 0.139. The Hall–Kier alpha value is -1.06. The zero-order valence-corrected chi connectivity index (χ0v) is 11.4. The molecule has 0 aliphatic carbocycles. The lowest BCUT2D eigenvalue weighted by Gasteiger charge is -2.35. The summed E-state index contributed by atoms with van der Waals surface area (Å²) in [7, 11) is 1.79. The number of hydrogen-bond acceptors (Lipinski definition) is 3. The number of rotatable bonds is 4. The van der Waals surface area contributed by atoms with E-state index in [0.29, 0.717) is 5.92 Å². The van der Waals surface area contributed by atoms with Gasteiger partial charge in [0.15, 0.2) is 0 Å². The first kappa shape index (κ1) is 13.4. The van der Waals surface area contributed by atoms with Gasteiger partial charge in [-0.25, -0.2) is 0 Å². The van der Waals surface area contributed by atoms with E-state index < -0.39 is 0 Å². The molecule has 1 fully saturated rings. The van der Waals surface area contributed by atoms with Crippen molar-refractivity contribution < 1.29 is 4.74 Å². The van der Waals surface area contributed by atoms with Crippen LogP contribution in [0, 0.1) is 5.92 Å². The summed E-state index contributed by atoms with van der Waals surface area (Å²) in [4.78, 5) is 2.46.